The van der Waals surface area contributed by atoms with Crippen molar-refractivity contribution in [3.8, 4) is 5.75 Å². The first kappa shape index (κ1) is 15.6. The van der Waals surface area contributed by atoms with Crippen LogP contribution in [-0.4, -0.2) is 55.0 Å². The number of rotatable bonds is 3. The first-order chi connectivity index (χ1) is 10.6. The van der Waals surface area contributed by atoms with Gasteiger partial charge in [0.2, 0.25) is 0 Å². The highest BCUT2D eigenvalue weighted by molar-refractivity contribution is 6.30. The van der Waals surface area contributed by atoms with E-state index in [-0.39, 0.29) is 5.91 Å². The van der Waals surface area contributed by atoms with E-state index in [9.17, 15) is 4.79 Å². The van der Waals surface area contributed by atoms with Crippen molar-refractivity contribution < 1.29 is 9.53 Å². The third-order valence-electron chi connectivity index (χ3n) is 4.98. The van der Waals surface area contributed by atoms with Gasteiger partial charge < -0.3 is 14.5 Å². The minimum absolute atomic E-state index is 0.0660. The van der Waals surface area contributed by atoms with Gasteiger partial charge in [-0.05, 0) is 57.5 Å². The zero-order valence-electron chi connectivity index (χ0n) is 13.2. The largest absolute Gasteiger partial charge is 0.496 e. The van der Waals surface area contributed by atoms with Crippen molar-refractivity contribution in [1.29, 1.82) is 0 Å². The van der Waals surface area contributed by atoms with E-state index in [1.165, 1.54) is 12.8 Å². The summed E-state index contributed by atoms with van der Waals surface area (Å²) < 4.78 is 5.35. The van der Waals surface area contributed by atoms with E-state index in [0.29, 0.717) is 28.4 Å². The smallest absolute Gasteiger partial charge is 0.257 e. The first-order valence-electron chi connectivity index (χ1n) is 7.96. The van der Waals surface area contributed by atoms with Crippen molar-refractivity contribution in [3.05, 3.63) is 28.8 Å². The summed E-state index contributed by atoms with van der Waals surface area (Å²) in [7, 11) is 3.75. The van der Waals surface area contributed by atoms with Gasteiger partial charge in [0.05, 0.1) is 12.7 Å². The van der Waals surface area contributed by atoms with E-state index in [1.54, 1.807) is 25.3 Å². The van der Waals surface area contributed by atoms with Crippen LogP contribution in [-0.2, 0) is 0 Å². The Balaban J connectivity index is 1.84. The number of likely N-dealkylation sites (tertiary alicyclic amines) is 2. The maximum atomic E-state index is 13.0. The Bertz CT molecular complexity index is 564. The molecular weight excluding hydrogens is 300 g/mol. The molecule has 1 aromatic carbocycles. The highest BCUT2D eigenvalue weighted by Gasteiger charge is 2.39. The zero-order valence-corrected chi connectivity index (χ0v) is 14.0. The fourth-order valence-corrected chi connectivity index (χ4v) is 4.03. The van der Waals surface area contributed by atoms with Crippen LogP contribution in [0, 0.1) is 0 Å². The second kappa shape index (κ2) is 6.47. The number of nitrogens with zero attached hydrogens (tertiary/aromatic N) is 2. The fourth-order valence-electron chi connectivity index (χ4n) is 3.86. The molecule has 0 aliphatic carbocycles. The van der Waals surface area contributed by atoms with Gasteiger partial charge in [-0.2, -0.15) is 0 Å². The van der Waals surface area contributed by atoms with Gasteiger partial charge in [0, 0.05) is 23.7 Å². The Morgan fingerprint density at radius 3 is 2.64 bits per heavy atom. The number of likely N-dealkylation sites (N-methyl/N-ethyl adjacent to an activating group) is 1. The molecule has 2 heterocycles. The molecule has 4 nitrogen and oxygen atoms in total. The van der Waals surface area contributed by atoms with Crippen molar-refractivity contribution in [2.24, 2.45) is 0 Å². The van der Waals surface area contributed by atoms with Gasteiger partial charge >= 0.3 is 0 Å². The summed E-state index contributed by atoms with van der Waals surface area (Å²) in [6.07, 6.45) is 4.58. The van der Waals surface area contributed by atoms with Gasteiger partial charge in [0.15, 0.2) is 0 Å². The second-order valence-electron chi connectivity index (χ2n) is 6.24. The average Bonchev–Trinajstić information content (AvgIpc) is 3.14. The number of methoxy groups -OCH3 is 1. The van der Waals surface area contributed by atoms with E-state index < -0.39 is 0 Å². The van der Waals surface area contributed by atoms with Gasteiger partial charge in [-0.1, -0.05) is 11.6 Å². The maximum absolute atomic E-state index is 13.0. The van der Waals surface area contributed by atoms with E-state index in [4.69, 9.17) is 16.3 Å². The quantitative estimate of drug-likeness (QED) is 0.857. The van der Waals surface area contributed by atoms with Gasteiger partial charge in [0.1, 0.15) is 5.75 Å². The Hall–Kier alpha value is -1.26. The summed E-state index contributed by atoms with van der Waals surface area (Å²) in [4.78, 5) is 17.4. The summed E-state index contributed by atoms with van der Waals surface area (Å²) >= 11 is 6.00. The Morgan fingerprint density at radius 2 is 1.95 bits per heavy atom. The molecule has 0 bridgehead atoms. The first-order valence-corrected chi connectivity index (χ1v) is 8.34. The molecule has 0 spiro atoms. The van der Waals surface area contributed by atoms with Gasteiger partial charge in [-0.25, -0.2) is 0 Å². The fraction of sp³-hybridized carbons (Fsp3) is 0.588. The van der Waals surface area contributed by atoms with E-state index in [0.717, 1.165) is 25.9 Å². The molecular formula is C17H23ClN2O2. The molecule has 22 heavy (non-hydrogen) atoms. The molecule has 0 unspecified atom stereocenters. The molecule has 2 saturated heterocycles. The molecule has 0 aromatic heterocycles. The number of ether oxygens (including phenoxy) is 1. The zero-order chi connectivity index (χ0) is 15.7. The lowest BCUT2D eigenvalue weighted by atomic mass is 10.0. The normalized spacial score (nSPS) is 25.7. The van der Waals surface area contributed by atoms with Crippen LogP contribution in [0.3, 0.4) is 0 Å². The SMILES string of the molecule is COc1cc(Cl)ccc1C(=O)N1CCC[C@@H]1[C@H]1CCCN1C. The number of carbonyl (C=O) groups excluding carboxylic acids is 1. The number of carbonyl (C=O) groups is 1. The number of hydrogen-bond acceptors (Lipinski definition) is 3. The molecule has 2 atom stereocenters. The van der Waals surface area contributed by atoms with Crippen molar-refractivity contribution in [2.75, 3.05) is 27.2 Å². The standard InChI is InChI=1S/C17H23ClN2O2/c1-19-9-3-5-14(19)15-6-4-10-20(15)17(21)13-8-7-12(18)11-16(13)22-2/h7-8,11,14-15H,3-6,9-10H2,1-2H3/t14-,15-/m1/s1. The average molecular weight is 323 g/mol. The van der Waals surface area contributed by atoms with E-state index in [1.807, 2.05) is 4.90 Å². The third kappa shape index (κ3) is 2.82. The van der Waals surface area contributed by atoms with Crippen molar-refractivity contribution in [2.45, 2.75) is 37.8 Å². The van der Waals surface area contributed by atoms with Crippen molar-refractivity contribution in [1.82, 2.24) is 9.80 Å². The van der Waals surface area contributed by atoms with Crippen molar-refractivity contribution >= 4 is 17.5 Å². The van der Waals surface area contributed by atoms with Crippen LogP contribution in [0.1, 0.15) is 36.0 Å². The second-order valence-corrected chi connectivity index (χ2v) is 6.68. The molecule has 0 N–H and O–H groups in total. The Morgan fingerprint density at radius 1 is 1.23 bits per heavy atom. The number of amides is 1. The summed E-state index contributed by atoms with van der Waals surface area (Å²) in [5, 5.41) is 0.585. The van der Waals surface area contributed by atoms with Crippen LogP contribution in [0.5, 0.6) is 5.75 Å². The number of hydrogen-bond donors (Lipinski definition) is 0. The van der Waals surface area contributed by atoms with Crippen LogP contribution in [0.15, 0.2) is 18.2 Å². The maximum Gasteiger partial charge on any atom is 0.257 e. The number of benzene rings is 1. The lowest BCUT2D eigenvalue weighted by Gasteiger charge is -2.33. The molecule has 1 aromatic rings. The minimum atomic E-state index is 0.0660. The topological polar surface area (TPSA) is 32.8 Å². The Kier molecular flexibility index (Phi) is 4.59. The molecule has 0 radical (unpaired) electrons. The van der Waals surface area contributed by atoms with E-state index in [2.05, 4.69) is 11.9 Å². The summed E-state index contributed by atoms with van der Waals surface area (Å²) in [6, 6.07) is 6.05. The van der Waals surface area contributed by atoms with Crippen LogP contribution < -0.4 is 4.74 Å². The molecule has 3 rings (SSSR count). The van der Waals surface area contributed by atoms with Crippen LogP contribution >= 0.6 is 11.6 Å². The summed E-state index contributed by atoms with van der Waals surface area (Å²) in [6.45, 7) is 1.97. The molecule has 0 saturated carbocycles. The lowest BCUT2D eigenvalue weighted by Crippen LogP contribution is -2.47. The summed E-state index contributed by atoms with van der Waals surface area (Å²) in [5.41, 5.74) is 0.611. The van der Waals surface area contributed by atoms with Gasteiger partial charge in [0.25, 0.3) is 5.91 Å². The van der Waals surface area contributed by atoms with Crippen molar-refractivity contribution in [3.63, 3.8) is 0 Å². The lowest BCUT2D eigenvalue weighted by molar-refractivity contribution is 0.0661. The van der Waals surface area contributed by atoms with Crippen LogP contribution in [0.25, 0.3) is 0 Å². The molecule has 2 fully saturated rings. The van der Waals surface area contributed by atoms with Crippen LogP contribution in [0.4, 0.5) is 0 Å². The van der Waals surface area contributed by atoms with E-state index >= 15 is 0 Å². The predicted molar refractivity (Wildman–Crippen MR) is 87.7 cm³/mol. The molecule has 2 aliphatic heterocycles. The van der Waals surface area contributed by atoms with Gasteiger partial charge in [-0.15, -0.1) is 0 Å². The molecule has 1 amide bonds. The highest BCUT2D eigenvalue weighted by Crippen LogP contribution is 2.32. The van der Waals surface area contributed by atoms with Gasteiger partial charge in [-0.3, -0.25) is 4.79 Å². The highest BCUT2D eigenvalue weighted by atomic mass is 35.5. The molecule has 5 heteroatoms. The Labute approximate surface area is 137 Å². The summed E-state index contributed by atoms with van der Waals surface area (Å²) in [5.74, 6) is 0.624. The monoisotopic (exact) mass is 322 g/mol. The number of halogens is 1. The minimum Gasteiger partial charge on any atom is -0.496 e. The molecule has 2 aliphatic rings. The van der Waals surface area contributed by atoms with Crippen LogP contribution in [0.2, 0.25) is 5.02 Å². The predicted octanol–water partition coefficient (Wildman–Crippen LogP) is 3.05. The third-order valence-corrected chi connectivity index (χ3v) is 5.21. The molecule has 120 valence electrons.